The first kappa shape index (κ1) is 20.0. The number of nitrogens with one attached hydrogen (secondary N) is 2. The molecule has 2 aromatic rings. The largest absolute Gasteiger partial charge is 0.419 e. The summed E-state index contributed by atoms with van der Waals surface area (Å²) < 4.78 is 37.9. The molecule has 1 atom stereocenters. The predicted molar refractivity (Wildman–Crippen MR) is 98.9 cm³/mol. The van der Waals surface area contributed by atoms with Crippen LogP contribution in [-0.2, 0) is 6.18 Å². The minimum absolute atomic E-state index is 0.380. The molecule has 8 heteroatoms. The quantitative estimate of drug-likeness (QED) is 0.722. The molecule has 1 fully saturated rings. The molecule has 0 radical (unpaired) electrons. The van der Waals surface area contributed by atoms with E-state index in [0.29, 0.717) is 18.1 Å². The third kappa shape index (κ3) is 5.85. The molecule has 3 rings (SSSR count). The van der Waals surface area contributed by atoms with Crippen LogP contribution in [0.25, 0.3) is 0 Å². The Kier molecular flexibility index (Phi) is 6.62. The van der Waals surface area contributed by atoms with E-state index >= 15 is 0 Å². The van der Waals surface area contributed by atoms with Crippen molar-refractivity contribution in [2.45, 2.75) is 17.2 Å². The van der Waals surface area contributed by atoms with E-state index < -0.39 is 11.7 Å². The Morgan fingerprint density at radius 1 is 1.11 bits per heavy atom. The molecular weight excluding hydrogens is 375 g/mol. The molecule has 0 saturated carbocycles. The third-order valence-corrected chi connectivity index (χ3v) is 5.80. The van der Waals surface area contributed by atoms with Crippen LogP contribution in [0, 0.1) is 0 Å². The lowest BCUT2D eigenvalue weighted by molar-refractivity contribution is -0.903. The molecule has 1 aromatic carbocycles. The second kappa shape index (κ2) is 8.95. The maximum atomic E-state index is 12.6. The van der Waals surface area contributed by atoms with Gasteiger partial charge in [0.15, 0.2) is 0 Å². The van der Waals surface area contributed by atoms with Gasteiger partial charge in [0, 0.05) is 16.7 Å². The highest BCUT2D eigenvalue weighted by atomic mass is 32.2. The van der Waals surface area contributed by atoms with Crippen molar-refractivity contribution >= 4 is 17.6 Å². The zero-order chi connectivity index (χ0) is 19.3. The molecule has 0 bridgehead atoms. The molecule has 27 heavy (non-hydrogen) atoms. The number of aliphatic hydroxyl groups is 1. The first-order chi connectivity index (χ1) is 12.9. The summed E-state index contributed by atoms with van der Waals surface area (Å²) in [5.41, 5.74) is -0.672. The van der Waals surface area contributed by atoms with E-state index in [1.807, 2.05) is 30.3 Å². The number of thioether (sulfide) groups is 1. The molecule has 0 amide bonds. The molecule has 4 nitrogen and oxygen atoms in total. The van der Waals surface area contributed by atoms with Crippen molar-refractivity contribution in [3.8, 4) is 0 Å². The van der Waals surface area contributed by atoms with E-state index in [-0.39, 0.29) is 6.10 Å². The smallest absolute Gasteiger partial charge is 0.386 e. The summed E-state index contributed by atoms with van der Waals surface area (Å²) in [6, 6.07) is 12.6. The van der Waals surface area contributed by atoms with Gasteiger partial charge in [-0.05, 0) is 18.2 Å². The number of halogens is 3. The zero-order valence-corrected chi connectivity index (χ0v) is 15.7. The Morgan fingerprint density at radius 3 is 2.41 bits per heavy atom. The number of aliphatic hydroxyl groups excluding tert-OH is 1. The van der Waals surface area contributed by atoms with Crippen molar-refractivity contribution in [3.63, 3.8) is 0 Å². The van der Waals surface area contributed by atoms with Crippen molar-refractivity contribution in [2.75, 3.05) is 43.4 Å². The molecule has 1 aromatic heterocycles. The average molecular weight is 399 g/mol. The lowest BCUT2D eigenvalue weighted by atomic mass is 10.2. The standard InChI is InChI=1S/C19H22F3N3OS/c20-19(21,22)15-6-7-18(23-12-15)25-10-8-24(9-11-25)13-16(26)14-27-17-4-2-1-3-5-17/h1-7,12,16,26H,8-11,13-14H2/p+2/t16-/m0/s1. The number of anilines is 1. The number of aromatic nitrogens is 1. The van der Waals surface area contributed by atoms with E-state index in [1.54, 1.807) is 11.8 Å². The lowest BCUT2D eigenvalue weighted by Gasteiger charge is -2.29. The lowest BCUT2D eigenvalue weighted by Crippen LogP contribution is -3.16. The molecular formula is C19H24F3N3OS+2. The number of hydrogen-bond donors (Lipinski definition) is 2. The van der Waals surface area contributed by atoms with Gasteiger partial charge >= 0.3 is 6.18 Å². The number of benzene rings is 1. The summed E-state index contributed by atoms with van der Waals surface area (Å²) >= 11 is 1.65. The first-order valence-corrected chi connectivity index (χ1v) is 9.94. The highest BCUT2D eigenvalue weighted by Crippen LogP contribution is 2.28. The summed E-state index contributed by atoms with van der Waals surface area (Å²) in [5, 5.41) is 10.3. The number of nitrogens with zero attached hydrogens (tertiary/aromatic N) is 1. The topological polar surface area (TPSA) is 42.1 Å². The van der Waals surface area contributed by atoms with Crippen LogP contribution in [0.1, 0.15) is 5.56 Å². The number of pyridine rings is 1. The Bertz CT molecular complexity index is 704. The highest BCUT2D eigenvalue weighted by molar-refractivity contribution is 7.99. The van der Waals surface area contributed by atoms with E-state index in [0.717, 1.165) is 43.3 Å². The van der Waals surface area contributed by atoms with Crippen LogP contribution < -0.4 is 14.8 Å². The van der Waals surface area contributed by atoms with E-state index in [9.17, 15) is 18.3 Å². The summed E-state index contributed by atoms with van der Waals surface area (Å²) in [6.45, 7) is 3.87. The van der Waals surface area contributed by atoms with Gasteiger partial charge in [-0.1, -0.05) is 18.2 Å². The fraction of sp³-hybridized carbons (Fsp3) is 0.421. The fourth-order valence-corrected chi connectivity index (χ4v) is 4.01. The van der Waals surface area contributed by atoms with E-state index in [1.165, 1.54) is 11.0 Å². The van der Waals surface area contributed by atoms with Crippen molar-refractivity contribution < 1.29 is 28.2 Å². The van der Waals surface area contributed by atoms with Gasteiger partial charge in [0.1, 0.15) is 45.0 Å². The van der Waals surface area contributed by atoms with Crippen LogP contribution >= 0.6 is 11.8 Å². The van der Waals surface area contributed by atoms with Crippen LogP contribution in [0.15, 0.2) is 53.6 Å². The number of hydrogen-bond acceptors (Lipinski definition) is 3. The molecule has 1 saturated heterocycles. The first-order valence-electron chi connectivity index (χ1n) is 8.95. The SMILES string of the molecule is O[C@H](CSc1ccccc1)C[NH+]1CCN(c2ccc(C(F)(F)F)c[nH+]2)CC1. The minimum atomic E-state index is -4.33. The number of H-pyrrole nitrogens is 1. The summed E-state index contributed by atoms with van der Waals surface area (Å²) in [7, 11) is 0. The van der Waals surface area contributed by atoms with E-state index in [4.69, 9.17) is 0 Å². The van der Waals surface area contributed by atoms with Crippen LogP contribution in [0.2, 0.25) is 0 Å². The van der Waals surface area contributed by atoms with Gasteiger partial charge < -0.3 is 10.0 Å². The van der Waals surface area contributed by atoms with Gasteiger partial charge in [-0.25, -0.2) is 4.98 Å². The van der Waals surface area contributed by atoms with Crippen LogP contribution in [-0.4, -0.2) is 49.7 Å². The molecule has 1 aliphatic heterocycles. The number of aromatic amines is 1. The molecule has 0 spiro atoms. The van der Waals surface area contributed by atoms with Gasteiger partial charge in [0.05, 0.1) is 5.56 Å². The molecule has 3 N–H and O–H groups in total. The molecule has 0 aliphatic carbocycles. The maximum absolute atomic E-state index is 12.6. The maximum Gasteiger partial charge on any atom is 0.419 e. The Morgan fingerprint density at radius 2 is 1.81 bits per heavy atom. The van der Waals surface area contributed by atoms with Gasteiger partial charge in [0.2, 0.25) is 0 Å². The third-order valence-electron chi connectivity index (χ3n) is 4.64. The second-order valence-corrected chi connectivity index (χ2v) is 7.77. The van der Waals surface area contributed by atoms with Gasteiger partial charge in [-0.3, -0.25) is 4.90 Å². The molecule has 2 heterocycles. The predicted octanol–water partition coefficient (Wildman–Crippen LogP) is 1.38. The number of rotatable bonds is 6. The fourth-order valence-electron chi connectivity index (χ4n) is 3.16. The van der Waals surface area contributed by atoms with Gasteiger partial charge in [0.25, 0.3) is 5.82 Å². The second-order valence-electron chi connectivity index (χ2n) is 6.68. The van der Waals surface area contributed by atoms with Crippen molar-refractivity contribution in [2.24, 2.45) is 0 Å². The number of alkyl halides is 3. The summed E-state index contributed by atoms with van der Waals surface area (Å²) in [4.78, 5) is 7.27. The molecule has 1 aliphatic rings. The zero-order valence-electron chi connectivity index (χ0n) is 14.9. The summed E-state index contributed by atoms with van der Waals surface area (Å²) in [5.74, 6) is 1.35. The normalized spacial score (nSPS) is 17.1. The number of quaternary nitrogens is 1. The molecule has 0 unspecified atom stereocenters. The van der Waals surface area contributed by atoms with Gasteiger partial charge in [-0.15, -0.1) is 11.8 Å². The van der Waals surface area contributed by atoms with Crippen molar-refractivity contribution in [3.05, 3.63) is 54.2 Å². The molecule has 146 valence electrons. The minimum Gasteiger partial charge on any atom is -0.386 e. The Labute approximate surface area is 161 Å². The average Bonchev–Trinajstić information content (AvgIpc) is 2.67. The van der Waals surface area contributed by atoms with E-state index in [2.05, 4.69) is 9.88 Å². The van der Waals surface area contributed by atoms with Crippen molar-refractivity contribution in [1.82, 2.24) is 0 Å². The number of piperazine rings is 1. The Hall–Kier alpha value is -1.77. The highest BCUT2D eigenvalue weighted by Gasteiger charge is 2.33. The Balaban J connectivity index is 1.43. The van der Waals surface area contributed by atoms with Crippen LogP contribution in [0.4, 0.5) is 19.0 Å². The van der Waals surface area contributed by atoms with Gasteiger partial charge in [-0.2, -0.15) is 13.2 Å². The summed E-state index contributed by atoms with van der Waals surface area (Å²) in [6.07, 6.45) is -3.69. The van der Waals surface area contributed by atoms with Crippen LogP contribution in [0.5, 0.6) is 0 Å². The van der Waals surface area contributed by atoms with Crippen molar-refractivity contribution in [1.29, 1.82) is 0 Å². The monoisotopic (exact) mass is 399 g/mol. The van der Waals surface area contributed by atoms with Crippen LogP contribution in [0.3, 0.4) is 0 Å².